The van der Waals surface area contributed by atoms with Crippen LogP contribution in [0.3, 0.4) is 0 Å². The SMILES string of the molecule is N#Cc1ccc(Cl)c(NC(=O)Cc2ccc(F)cc2F)c1. The molecule has 0 radical (unpaired) electrons. The van der Waals surface area contributed by atoms with Gasteiger partial charge < -0.3 is 5.32 Å². The molecule has 1 amide bonds. The van der Waals surface area contributed by atoms with Crippen LogP contribution in [0.5, 0.6) is 0 Å². The summed E-state index contributed by atoms with van der Waals surface area (Å²) in [5.41, 5.74) is 0.673. The average molecular weight is 307 g/mol. The zero-order valence-corrected chi connectivity index (χ0v) is 11.4. The topological polar surface area (TPSA) is 52.9 Å². The lowest BCUT2D eigenvalue weighted by Crippen LogP contribution is -2.15. The predicted octanol–water partition coefficient (Wildman–Crippen LogP) is 3.67. The Labute approximate surface area is 124 Å². The molecule has 2 rings (SSSR count). The fourth-order valence-corrected chi connectivity index (χ4v) is 1.89. The maximum Gasteiger partial charge on any atom is 0.228 e. The summed E-state index contributed by atoms with van der Waals surface area (Å²) in [4.78, 5) is 11.9. The molecule has 0 saturated heterocycles. The van der Waals surface area contributed by atoms with E-state index in [4.69, 9.17) is 16.9 Å². The third kappa shape index (κ3) is 3.77. The van der Waals surface area contributed by atoms with E-state index in [0.29, 0.717) is 11.6 Å². The van der Waals surface area contributed by atoms with Crippen molar-refractivity contribution in [2.24, 2.45) is 0 Å². The zero-order chi connectivity index (χ0) is 15.4. The first kappa shape index (κ1) is 14.9. The lowest BCUT2D eigenvalue weighted by Gasteiger charge is -2.08. The van der Waals surface area contributed by atoms with E-state index in [1.807, 2.05) is 6.07 Å². The van der Waals surface area contributed by atoms with Crippen LogP contribution in [0.2, 0.25) is 5.02 Å². The van der Waals surface area contributed by atoms with Crippen molar-refractivity contribution in [3.05, 3.63) is 64.2 Å². The van der Waals surface area contributed by atoms with Crippen LogP contribution in [0.1, 0.15) is 11.1 Å². The monoisotopic (exact) mass is 306 g/mol. The Morgan fingerprint density at radius 3 is 2.67 bits per heavy atom. The van der Waals surface area contributed by atoms with E-state index in [1.54, 1.807) is 0 Å². The summed E-state index contributed by atoms with van der Waals surface area (Å²) in [6.45, 7) is 0. The molecule has 0 aromatic heterocycles. The van der Waals surface area contributed by atoms with Crippen molar-refractivity contribution < 1.29 is 13.6 Å². The van der Waals surface area contributed by atoms with Gasteiger partial charge in [-0.25, -0.2) is 8.78 Å². The summed E-state index contributed by atoms with van der Waals surface area (Å²) >= 11 is 5.90. The van der Waals surface area contributed by atoms with Crippen LogP contribution in [-0.4, -0.2) is 5.91 Å². The number of rotatable bonds is 3. The Bertz CT molecular complexity index is 741. The number of halogens is 3. The standard InChI is InChI=1S/C15H9ClF2N2O/c16-12-4-1-9(8-19)5-14(12)20-15(21)6-10-2-3-11(17)7-13(10)18/h1-5,7H,6H2,(H,20,21). The van der Waals surface area contributed by atoms with Gasteiger partial charge in [-0.15, -0.1) is 0 Å². The number of anilines is 1. The van der Waals surface area contributed by atoms with Gasteiger partial charge in [-0.2, -0.15) is 5.26 Å². The number of carbonyl (C=O) groups excluding carboxylic acids is 1. The highest BCUT2D eigenvalue weighted by atomic mass is 35.5. The highest BCUT2D eigenvalue weighted by Gasteiger charge is 2.11. The second-order valence-corrected chi connectivity index (χ2v) is 4.67. The molecule has 21 heavy (non-hydrogen) atoms. The van der Waals surface area contributed by atoms with E-state index in [0.717, 1.165) is 6.07 Å². The minimum absolute atomic E-state index is 0.0708. The molecule has 2 aromatic carbocycles. The third-order valence-corrected chi connectivity index (χ3v) is 3.07. The normalized spacial score (nSPS) is 10.0. The van der Waals surface area contributed by atoms with Gasteiger partial charge in [-0.1, -0.05) is 17.7 Å². The quantitative estimate of drug-likeness (QED) is 0.940. The maximum absolute atomic E-state index is 13.5. The highest BCUT2D eigenvalue weighted by molar-refractivity contribution is 6.33. The van der Waals surface area contributed by atoms with Crippen molar-refractivity contribution in [3.63, 3.8) is 0 Å². The van der Waals surface area contributed by atoms with Gasteiger partial charge in [0.05, 0.1) is 28.8 Å². The molecule has 0 bridgehead atoms. The first-order valence-corrected chi connectivity index (χ1v) is 6.31. The van der Waals surface area contributed by atoms with E-state index >= 15 is 0 Å². The van der Waals surface area contributed by atoms with Gasteiger partial charge in [-0.05, 0) is 29.8 Å². The van der Waals surface area contributed by atoms with Crippen molar-refractivity contribution in [1.29, 1.82) is 5.26 Å². The van der Waals surface area contributed by atoms with Crippen LogP contribution >= 0.6 is 11.6 Å². The summed E-state index contributed by atoms with van der Waals surface area (Å²) in [6, 6.07) is 9.33. The molecule has 0 fully saturated rings. The Balaban J connectivity index is 2.13. The molecule has 6 heteroatoms. The van der Waals surface area contributed by atoms with Gasteiger partial charge in [0.25, 0.3) is 0 Å². The summed E-state index contributed by atoms with van der Waals surface area (Å²) in [7, 11) is 0. The van der Waals surface area contributed by atoms with Gasteiger partial charge in [0.15, 0.2) is 0 Å². The molecule has 0 saturated carbocycles. The number of amides is 1. The maximum atomic E-state index is 13.5. The lowest BCUT2D eigenvalue weighted by atomic mass is 10.1. The molecule has 0 heterocycles. The summed E-state index contributed by atoms with van der Waals surface area (Å²) in [5, 5.41) is 11.6. The molecule has 0 aliphatic carbocycles. The van der Waals surface area contributed by atoms with E-state index in [9.17, 15) is 13.6 Å². The zero-order valence-electron chi connectivity index (χ0n) is 10.7. The number of hydrogen-bond donors (Lipinski definition) is 1. The van der Waals surface area contributed by atoms with E-state index in [2.05, 4.69) is 5.32 Å². The molecule has 3 nitrogen and oxygen atoms in total. The van der Waals surface area contributed by atoms with Crippen LogP contribution < -0.4 is 5.32 Å². The largest absolute Gasteiger partial charge is 0.324 e. The fraction of sp³-hybridized carbons (Fsp3) is 0.0667. The van der Waals surface area contributed by atoms with Gasteiger partial charge in [0, 0.05) is 6.07 Å². The number of benzene rings is 2. The number of nitriles is 1. The van der Waals surface area contributed by atoms with Gasteiger partial charge in [0.2, 0.25) is 5.91 Å². The van der Waals surface area contributed by atoms with Gasteiger partial charge >= 0.3 is 0 Å². The second-order valence-electron chi connectivity index (χ2n) is 4.27. The van der Waals surface area contributed by atoms with Crippen LogP contribution in [0.4, 0.5) is 14.5 Å². The van der Waals surface area contributed by atoms with Gasteiger partial charge in [0.1, 0.15) is 11.6 Å². The predicted molar refractivity (Wildman–Crippen MR) is 74.9 cm³/mol. The summed E-state index contributed by atoms with van der Waals surface area (Å²) in [5.74, 6) is -2.01. The molecule has 0 unspecified atom stereocenters. The Morgan fingerprint density at radius 2 is 2.00 bits per heavy atom. The number of hydrogen-bond acceptors (Lipinski definition) is 2. The first-order chi connectivity index (χ1) is 9.99. The smallest absolute Gasteiger partial charge is 0.228 e. The summed E-state index contributed by atoms with van der Waals surface area (Å²) in [6.07, 6.45) is -0.265. The Morgan fingerprint density at radius 1 is 1.24 bits per heavy atom. The van der Waals surface area contributed by atoms with Crippen molar-refractivity contribution >= 4 is 23.2 Å². The number of carbonyl (C=O) groups is 1. The average Bonchev–Trinajstić information content (AvgIpc) is 2.44. The number of nitrogens with one attached hydrogen (secondary N) is 1. The first-order valence-electron chi connectivity index (χ1n) is 5.93. The van der Waals surface area contributed by atoms with Crippen molar-refractivity contribution in [2.75, 3.05) is 5.32 Å². The van der Waals surface area contributed by atoms with E-state index in [1.165, 1.54) is 24.3 Å². The molecular weight excluding hydrogens is 298 g/mol. The summed E-state index contributed by atoms with van der Waals surface area (Å²) < 4.78 is 26.2. The molecule has 106 valence electrons. The molecular formula is C15H9ClF2N2O. The minimum Gasteiger partial charge on any atom is -0.324 e. The molecule has 0 aliphatic rings. The van der Waals surface area contributed by atoms with Crippen LogP contribution in [0, 0.1) is 23.0 Å². The molecule has 0 aliphatic heterocycles. The minimum atomic E-state index is -0.790. The van der Waals surface area contributed by atoms with Crippen LogP contribution in [0.15, 0.2) is 36.4 Å². The molecule has 2 aromatic rings. The number of nitrogens with zero attached hydrogens (tertiary/aromatic N) is 1. The molecule has 0 spiro atoms. The molecule has 1 N–H and O–H groups in total. The van der Waals surface area contributed by atoms with Crippen molar-refractivity contribution in [2.45, 2.75) is 6.42 Å². The van der Waals surface area contributed by atoms with E-state index < -0.39 is 17.5 Å². The van der Waals surface area contributed by atoms with Gasteiger partial charge in [-0.3, -0.25) is 4.79 Å². The van der Waals surface area contributed by atoms with Crippen LogP contribution in [-0.2, 0) is 11.2 Å². The van der Waals surface area contributed by atoms with Crippen LogP contribution in [0.25, 0.3) is 0 Å². The Hall–Kier alpha value is -2.45. The highest BCUT2D eigenvalue weighted by Crippen LogP contribution is 2.23. The second kappa shape index (κ2) is 6.33. The van der Waals surface area contributed by atoms with Crippen molar-refractivity contribution in [3.8, 4) is 6.07 Å². The fourth-order valence-electron chi connectivity index (χ4n) is 1.72. The lowest BCUT2D eigenvalue weighted by molar-refractivity contribution is -0.115. The van der Waals surface area contributed by atoms with E-state index in [-0.39, 0.29) is 22.7 Å². The Kier molecular flexibility index (Phi) is 4.51. The van der Waals surface area contributed by atoms with Crippen molar-refractivity contribution in [1.82, 2.24) is 0 Å². The molecule has 0 atom stereocenters. The third-order valence-electron chi connectivity index (χ3n) is 2.74.